The third kappa shape index (κ3) is 3.07. The van der Waals surface area contributed by atoms with Crippen molar-refractivity contribution < 1.29 is 22.8 Å². The lowest BCUT2D eigenvalue weighted by Gasteiger charge is -2.38. The molecule has 0 radical (unpaired) electrons. The topological polar surface area (TPSA) is 93.2 Å². The summed E-state index contributed by atoms with van der Waals surface area (Å²) in [6, 6.07) is 3.82. The van der Waals surface area contributed by atoms with Crippen molar-refractivity contribution in [1.82, 2.24) is 20.0 Å². The van der Waals surface area contributed by atoms with Crippen molar-refractivity contribution in [2.24, 2.45) is 11.1 Å². The first kappa shape index (κ1) is 19.9. The number of urea groups is 1. The Morgan fingerprint density at radius 3 is 2.58 bits per heavy atom. The summed E-state index contributed by atoms with van der Waals surface area (Å²) in [7, 11) is 0. The number of nitrogens with one attached hydrogen (secondary N) is 1. The van der Waals surface area contributed by atoms with Crippen LogP contribution in [0.5, 0.6) is 0 Å². The number of amides is 3. The Kier molecular flexibility index (Phi) is 4.16. The van der Waals surface area contributed by atoms with Gasteiger partial charge in [0.25, 0.3) is 11.8 Å². The number of hydrogen-bond donors (Lipinski definition) is 2. The molecule has 0 unspecified atom stereocenters. The summed E-state index contributed by atoms with van der Waals surface area (Å²) in [5.41, 5.74) is 6.75. The van der Waals surface area contributed by atoms with Crippen LogP contribution in [0.15, 0.2) is 18.2 Å². The first-order valence-corrected chi connectivity index (χ1v) is 10.2. The van der Waals surface area contributed by atoms with Crippen molar-refractivity contribution in [1.29, 1.82) is 0 Å². The van der Waals surface area contributed by atoms with Crippen molar-refractivity contribution in [3.05, 3.63) is 40.8 Å². The van der Waals surface area contributed by atoms with Gasteiger partial charge >= 0.3 is 6.03 Å². The highest BCUT2D eigenvalue weighted by Gasteiger charge is 2.75. The molecular formula is C21H22F3N5O2. The predicted molar refractivity (Wildman–Crippen MR) is 105 cm³/mol. The summed E-state index contributed by atoms with van der Waals surface area (Å²) in [5, 5.41) is 7.31. The lowest BCUT2D eigenvalue weighted by molar-refractivity contribution is 0.0149. The van der Waals surface area contributed by atoms with E-state index >= 15 is 0 Å². The van der Waals surface area contributed by atoms with Gasteiger partial charge in [-0.05, 0) is 43.5 Å². The van der Waals surface area contributed by atoms with Crippen LogP contribution < -0.4 is 11.1 Å². The average Bonchev–Trinajstić information content (AvgIpc) is 3.06. The second kappa shape index (κ2) is 6.48. The van der Waals surface area contributed by atoms with E-state index in [1.807, 2.05) is 0 Å². The van der Waals surface area contributed by atoms with Crippen LogP contribution >= 0.6 is 0 Å². The number of rotatable bonds is 3. The zero-order valence-corrected chi connectivity index (χ0v) is 16.9. The molecule has 10 heteroatoms. The van der Waals surface area contributed by atoms with Gasteiger partial charge in [0, 0.05) is 30.0 Å². The SMILES string of the molecule is Cc1cc(-c2nn3c(c2C(N)=O)CN(C(=O)NC2CC4(C2)CC4(F)F)CC3)ccc1F. The molecule has 0 atom stereocenters. The number of aromatic nitrogens is 2. The van der Waals surface area contributed by atoms with E-state index in [0.29, 0.717) is 35.6 Å². The molecule has 7 nitrogen and oxygen atoms in total. The lowest BCUT2D eigenvalue weighted by Crippen LogP contribution is -2.53. The van der Waals surface area contributed by atoms with Crippen molar-refractivity contribution in [3.63, 3.8) is 0 Å². The van der Waals surface area contributed by atoms with E-state index in [9.17, 15) is 22.8 Å². The van der Waals surface area contributed by atoms with Crippen LogP contribution in [0, 0.1) is 18.2 Å². The molecule has 1 aromatic carbocycles. The minimum absolute atomic E-state index is 0.0944. The summed E-state index contributed by atoms with van der Waals surface area (Å²) in [5.74, 6) is -3.65. The first-order valence-electron chi connectivity index (χ1n) is 10.2. The molecule has 164 valence electrons. The van der Waals surface area contributed by atoms with E-state index in [-0.39, 0.29) is 49.3 Å². The van der Waals surface area contributed by atoms with E-state index in [1.165, 1.54) is 17.0 Å². The van der Waals surface area contributed by atoms with Gasteiger partial charge in [-0.3, -0.25) is 9.48 Å². The second-order valence-corrected chi connectivity index (χ2v) is 8.86. The standard InChI is InChI=1S/C21H22F3N5O2/c1-11-6-12(2-3-14(11)22)17-16(18(25)30)15-9-28(4-5-29(15)27-17)19(31)26-13-7-20(8-13)10-21(20,23)24/h2-3,6,13H,4-5,7-10H2,1H3,(H2,25,30)(H,26,31). The normalized spacial score (nSPS) is 25.7. The zero-order valence-electron chi connectivity index (χ0n) is 16.9. The fourth-order valence-corrected chi connectivity index (χ4v) is 4.82. The number of aryl methyl sites for hydroxylation is 1. The number of halogens is 3. The van der Waals surface area contributed by atoms with Crippen LogP contribution in [0.2, 0.25) is 0 Å². The van der Waals surface area contributed by atoms with Crippen LogP contribution in [0.1, 0.15) is 40.9 Å². The van der Waals surface area contributed by atoms with Crippen LogP contribution in [-0.2, 0) is 13.1 Å². The second-order valence-electron chi connectivity index (χ2n) is 8.86. The molecule has 3 amide bonds. The highest BCUT2D eigenvalue weighted by Crippen LogP contribution is 2.70. The number of fused-ring (bicyclic) bond motifs is 1. The number of carbonyl (C=O) groups excluding carboxylic acids is 2. The Labute approximate surface area is 176 Å². The van der Waals surface area contributed by atoms with Gasteiger partial charge in [-0.1, -0.05) is 0 Å². The Morgan fingerprint density at radius 1 is 1.26 bits per heavy atom. The molecule has 0 bridgehead atoms. The molecule has 2 saturated carbocycles. The lowest BCUT2D eigenvalue weighted by atomic mass is 9.76. The number of alkyl halides is 2. The monoisotopic (exact) mass is 433 g/mol. The minimum Gasteiger partial charge on any atom is -0.365 e. The molecule has 2 heterocycles. The number of hydrogen-bond acceptors (Lipinski definition) is 3. The van der Waals surface area contributed by atoms with Crippen LogP contribution in [0.25, 0.3) is 11.3 Å². The number of nitrogens with two attached hydrogens (primary N) is 1. The summed E-state index contributed by atoms with van der Waals surface area (Å²) in [6.45, 7) is 2.45. The van der Waals surface area contributed by atoms with Gasteiger partial charge in [-0.15, -0.1) is 0 Å². The first-order chi connectivity index (χ1) is 14.6. The highest BCUT2D eigenvalue weighted by atomic mass is 19.3. The number of benzene rings is 1. The molecule has 0 saturated heterocycles. The number of primary amides is 1. The average molecular weight is 433 g/mol. The van der Waals surface area contributed by atoms with Gasteiger partial charge < -0.3 is 16.0 Å². The predicted octanol–water partition coefficient (Wildman–Crippen LogP) is 2.81. The Morgan fingerprint density at radius 2 is 1.97 bits per heavy atom. The van der Waals surface area contributed by atoms with Crippen molar-refractivity contribution in [2.45, 2.75) is 51.2 Å². The summed E-state index contributed by atoms with van der Waals surface area (Å²) in [4.78, 5) is 26.4. The Balaban J connectivity index is 1.34. The number of carbonyl (C=O) groups is 2. The van der Waals surface area contributed by atoms with Crippen LogP contribution in [0.4, 0.5) is 18.0 Å². The maximum atomic E-state index is 13.7. The maximum Gasteiger partial charge on any atom is 0.318 e. The molecule has 31 heavy (non-hydrogen) atoms. The van der Waals surface area contributed by atoms with Gasteiger partial charge in [0.2, 0.25) is 0 Å². The van der Waals surface area contributed by atoms with E-state index < -0.39 is 17.2 Å². The van der Waals surface area contributed by atoms with E-state index in [4.69, 9.17) is 5.73 Å². The van der Waals surface area contributed by atoms with Crippen LogP contribution in [0.3, 0.4) is 0 Å². The van der Waals surface area contributed by atoms with E-state index in [0.717, 1.165) is 0 Å². The minimum atomic E-state index is -2.60. The summed E-state index contributed by atoms with van der Waals surface area (Å²) in [6.07, 6.45) is 0.485. The Hall–Kier alpha value is -3.04. The fraction of sp³-hybridized carbons (Fsp3) is 0.476. The van der Waals surface area contributed by atoms with Gasteiger partial charge in [0.15, 0.2) is 0 Å². The molecule has 1 spiro atoms. The highest BCUT2D eigenvalue weighted by molar-refractivity contribution is 6.00. The third-order valence-corrected chi connectivity index (χ3v) is 6.76. The van der Waals surface area contributed by atoms with E-state index in [1.54, 1.807) is 17.7 Å². The molecular weight excluding hydrogens is 411 g/mol. The molecule has 2 fully saturated rings. The largest absolute Gasteiger partial charge is 0.365 e. The van der Waals surface area contributed by atoms with Crippen molar-refractivity contribution in [2.75, 3.05) is 6.54 Å². The van der Waals surface area contributed by atoms with Gasteiger partial charge in [0.1, 0.15) is 11.5 Å². The smallest absolute Gasteiger partial charge is 0.318 e. The van der Waals surface area contributed by atoms with Gasteiger partial charge in [0.05, 0.1) is 24.3 Å². The molecule has 2 aromatic rings. The molecule has 3 aliphatic rings. The zero-order chi connectivity index (χ0) is 22.1. The molecule has 3 N–H and O–H groups in total. The van der Waals surface area contributed by atoms with Crippen molar-refractivity contribution in [3.8, 4) is 11.3 Å². The quantitative estimate of drug-likeness (QED) is 0.780. The summed E-state index contributed by atoms with van der Waals surface area (Å²) >= 11 is 0. The fourth-order valence-electron chi connectivity index (χ4n) is 4.82. The molecule has 2 aliphatic carbocycles. The van der Waals surface area contributed by atoms with E-state index in [2.05, 4.69) is 10.4 Å². The number of nitrogens with zero attached hydrogens (tertiary/aromatic N) is 3. The van der Waals surface area contributed by atoms with Crippen molar-refractivity contribution >= 4 is 11.9 Å². The van der Waals surface area contributed by atoms with Crippen LogP contribution in [-0.4, -0.2) is 45.1 Å². The molecule has 1 aromatic heterocycles. The molecule has 1 aliphatic heterocycles. The Bertz CT molecular complexity index is 1110. The maximum absolute atomic E-state index is 13.7. The summed E-state index contributed by atoms with van der Waals surface area (Å²) < 4.78 is 42.1. The third-order valence-electron chi connectivity index (χ3n) is 6.76. The van der Waals surface area contributed by atoms with Gasteiger partial charge in [-0.25, -0.2) is 18.0 Å². The van der Waals surface area contributed by atoms with Gasteiger partial charge in [-0.2, -0.15) is 5.10 Å². The molecule has 5 rings (SSSR count).